The van der Waals surface area contributed by atoms with Gasteiger partial charge in [-0.1, -0.05) is 58.0 Å². The average molecular weight is 636 g/mol. The fraction of sp³-hybridized carbons (Fsp3) is 0.312. The molecule has 0 aliphatic carbocycles. The highest BCUT2D eigenvalue weighted by Crippen LogP contribution is 2.40. The molecule has 0 unspecified atom stereocenters. The van der Waals surface area contributed by atoms with Crippen LogP contribution >= 0.6 is 0 Å². The van der Waals surface area contributed by atoms with Crippen molar-refractivity contribution >= 4 is 27.8 Å². The number of aromatic nitrogens is 3. The first-order chi connectivity index (χ1) is 21.5. The minimum atomic E-state index is -4.11. The van der Waals surface area contributed by atoms with Gasteiger partial charge in [-0.2, -0.15) is 4.98 Å². The van der Waals surface area contributed by atoms with E-state index in [2.05, 4.69) is 25.0 Å². The maximum Gasteiger partial charge on any atom is 0.412 e. The van der Waals surface area contributed by atoms with Gasteiger partial charge < -0.3 is 18.9 Å². The summed E-state index contributed by atoms with van der Waals surface area (Å²) in [5.74, 6) is 1.07. The van der Waals surface area contributed by atoms with Crippen molar-refractivity contribution in [1.82, 2.24) is 15.0 Å². The third-order valence-electron chi connectivity index (χ3n) is 6.35. The predicted octanol–water partition coefficient (Wildman–Crippen LogP) is 6.35. The number of anilines is 2. The van der Waals surface area contributed by atoms with Gasteiger partial charge in [-0.05, 0) is 53.8 Å². The lowest BCUT2D eigenvalue weighted by molar-refractivity contribution is 0.135. The Morgan fingerprint density at radius 3 is 2.27 bits per heavy atom. The Morgan fingerprint density at radius 1 is 0.911 bits per heavy atom. The number of para-hydroxylation sites is 2. The van der Waals surface area contributed by atoms with E-state index in [1.165, 1.54) is 13.3 Å². The number of carbonyl (C=O) groups is 1. The number of benzene rings is 2. The summed E-state index contributed by atoms with van der Waals surface area (Å²) in [4.78, 5) is 25.3. The monoisotopic (exact) mass is 635 g/mol. The molecule has 0 radical (unpaired) electrons. The lowest BCUT2D eigenvalue weighted by atomic mass is 9.87. The fourth-order valence-corrected chi connectivity index (χ4v) is 5.06. The standard InChI is InChI=1S/C32H37N5O7S/c1-6-11-27-34-29(37-45(39,40)23-17-15-22(16-18-23)32(2,3)4)28(44-25-13-8-7-12-24(25)41-5)30(35-27)42-20-21-43-31(38)36-26-14-9-10-19-33-26/h7-10,12-19H,6,11,20-21H2,1-5H3,(H,33,36,38)(H,34,35,37). The Hall–Kier alpha value is -4.91. The van der Waals surface area contributed by atoms with Crippen LogP contribution in [-0.2, 0) is 26.6 Å². The Bertz CT molecular complexity index is 1690. The maximum absolute atomic E-state index is 13.6. The van der Waals surface area contributed by atoms with E-state index in [4.69, 9.17) is 18.9 Å². The van der Waals surface area contributed by atoms with Crippen molar-refractivity contribution in [3.63, 3.8) is 0 Å². The Balaban J connectivity index is 1.64. The third-order valence-corrected chi connectivity index (χ3v) is 7.70. The van der Waals surface area contributed by atoms with Gasteiger partial charge in [-0.25, -0.2) is 23.2 Å². The van der Waals surface area contributed by atoms with E-state index in [1.807, 2.05) is 27.7 Å². The van der Waals surface area contributed by atoms with Crippen molar-refractivity contribution in [2.24, 2.45) is 0 Å². The molecule has 0 spiro atoms. The molecule has 0 fully saturated rings. The molecule has 4 rings (SSSR count). The van der Waals surface area contributed by atoms with Crippen LogP contribution in [0.1, 0.15) is 45.5 Å². The van der Waals surface area contributed by atoms with E-state index >= 15 is 0 Å². The first-order valence-corrected chi connectivity index (χ1v) is 15.8. The molecule has 0 aliphatic heterocycles. The van der Waals surface area contributed by atoms with E-state index in [0.717, 1.165) is 5.56 Å². The zero-order chi connectivity index (χ0) is 32.5. The van der Waals surface area contributed by atoms with Crippen LogP contribution in [-0.4, -0.2) is 49.8 Å². The van der Waals surface area contributed by atoms with Crippen LogP contribution in [0.25, 0.3) is 0 Å². The van der Waals surface area contributed by atoms with Gasteiger partial charge >= 0.3 is 6.09 Å². The molecule has 2 aromatic heterocycles. The minimum absolute atomic E-state index is 0.0455. The van der Waals surface area contributed by atoms with Crippen molar-refractivity contribution in [2.75, 3.05) is 30.4 Å². The number of nitrogens with one attached hydrogen (secondary N) is 2. The molecule has 0 saturated carbocycles. The second kappa shape index (κ2) is 14.7. The highest BCUT2D eigenvalue weighted by Gasteiger charge is 2.25. The Kier molecular flexibility index (Phi) is 10.8. The second-order valence-corrected chi connectivity index (χ2v) is 12.5. The lowest BCUT2D eigenvalue weighted by Crippen LogP contribution is -2.19. The smallest absolute Gasteiger partial charge is 0.412 e. The van der Waals surface area contributed by atoms with Crippen LogP contribution in [0, 0.1) is 0 Å². The Labute approximate surface area is 263 Å². The van der Waals surface area contributed by atoms with Gasteiger partial charge in [0, 0.05) is 12.6 Å². The molecule has 0 aliphatic rings. The summed E-state index contributed by atoms with van der Waals surface area (Å²) in [7, 11) is -2.63. The molecule has 0 saturated heterocycles. The number of ether oxygens (including phenoxy) is 4. The lowest BCUT2D eigenvalue weighted by Gasteiger charge is -2.20. The third kappa shape index (κ3) is 9.05. The molecule has 13 heteroatoms. The summed E-state index contributed by atoms with van der Waals surface area (Å²) >= 11 is 0. The summed E-state index contributed by atoms with van der Waals surface area (Å²) in [6, 6.07) is 18.6. The molecule has 45 heavy (non-hydrogen) atoms. The van der Waals surface area contributed by atoms with Gasteiger partial charge in [-0.3, -0.25) is 10.0 Å². The molecule has 238 valence electrons. The highest BCUT2D eigenvalue weighted by atomic mass is 32.2. The summed E-state index contributed by atoms with van der Waals surface area (Å²) in [5, 5.41) is 2.52. The van der Waals surface area contributed by atoms with Gasteiger partial charge in [0.05, 0.1) is 12.0 Å². The van der Waals surface area contributed by atoms with Crippen molar-refractivity contribution in [3.8, 4) is 23.1 Å². The fourth-order valence-electron chi connectivity index (χ4n) is 4.05. The second-order valence-electron chi connectivity index (χ2n) is 10.8. The SMILES string of the molecule is CCCc1nc(NS(=O)(=O)c2ccc(C(C)(C)C)cc2)c(Oc2ccccc2OC)c(OCCOC(=O)Nc2ccccn2)n1. The van der Waals surface area contributed by atoms with Crippen LogP contribution in [0.5, 0.6) is 23.1 Å². The van der Waals surface area contributed by atoms with E-state index in [0.29, 0.717) is 30.2 Å². The van der Waals surface area contributed by atoms with Gasteiger partial charge in [0.1, 0.15) is 24.9 Å². The van der Waals surface area contributed by atoms with Gasteiger partial charge in [0.15, 0.2) is 17.3 Å². The number of carbonyl (C=O) groups excluding carboxylic acids is 1. The molecule has 0 bridgehead atoms. The molecule has 2 heterocycles. The van der Waals surface area contributed by atoms with Crippen LogP contribution < -0.4 is 24.2 Å². The summed E-state index contributed by atoms with van der Waals surface area (Å²) in [5.41, 5.74) is 0.836. The number of hydrogen-bond acceptors (Lipinski definition) is 10. The maximum atomic E-state index is 13.6. The van der Waals surface area contributed by atoms with Crippen LogP contribution in [0.15, 0.2) is 77.8 Å². The highest BCUT2D eigenvalue weighted by molar-refractivity contribution is 7.92. The number of rotatable bonds is 13. The molecule has 12 nitrogen and oxygen atoms in total. The molecule has 2 N–H and O–H groups in total. The normalized spacial score (nSPS) is 11.4. The average Bonchev–Trinajstić information content (AvgIpc) is 3.01. The summed E-state index contributed by atoms with van der Waals surface area (Å²) < 4.78 is 52.5. The Morgan fingerprint density at radius 2 is 1.62 bits per heavy atom. The van der Waals surface area contributed by atoms with E-state index in [-0.39, 0.29) is 46.7 Å². The van der Waals surface area contributed by atoms with Crippen molar-refractivity contribution < 1.29 is 32.2 Å². The number of nitrogens with zero attached hydrogens (tertiary/aromatic N) is 3. The van der Waals surface area contributed by atoms with Crippen LogP contribution in [0.2, 0.25) is 0 Å². The predicted molar refractivity (Wildman–Crippen MR) is 170 cm³/mol. The van der Waals surface area contributed by atoms with Crippen molar-refractivity contribution in [3.05, 3.63) is 84.3 Å². The number of methoxy groups -OCH3 is 1. The molecular weight excluding hydrogens is 598 g/mol. The zero-order valence-corrected chi connectivity index (χ0v) is 26.7. The topological polar surface area (TPSA) is 151 Å². The number of pyridine rings is 1. The number of amides is 1. The number of aryl methyl sites for hydroxylation is 1. The van der Waals surface area contributed by atoms with Crippen LogP contribution in [0.4, 0.5) is 16.4 Å². The molecule has 1 amide bonds. The largest absolute Gasteiger partial charge is 0.493 e. The van der Waals surface area contributed by atoms with Crippen molar-refractivity contribution in [2.45, 2.75) is 50.8 Å². The summed E-state index contributed by atoms with van der Waals surface area (Å²) in [6.45, 7) is 7.81. The molecule has 2 aromatic carbocycles. The van der Waals surface area contributed by atoms with E-state index in [1.54, 1.807) is 66.7 Å². The van der Waals surface area contributed by atoms with Crippen LogP contribution in [0.3, 0.4) is 0 Å². The number of sulfonamides is 1. The quantitative estimate of drug-likeness (QED) is 0.159. The summed E-state index contributed by atoms with van der Waals surface area (Å²) in [6.07, 6.45) is 1.94. The van der Waals surface area contributed by atoms with Gasteiger partial charge in [0.2, 0.25) is 5.75 Å². The minimum Gasteiger partial charge on any atom is -0.493 e. The van der Waals surface area contributed by atoms with Gasteiger partial charge in [-0.15, -0.1) is 0 Å². The first kappa shape index (κ1) is 33.0. The first-order valence-electron chi connectivity index (χ1n) is 14.3. The van der Waals surface area contributed by atoms with E-state index in [9.17, 15) is 13.2 Å². The van der Waals surface area contributed by atoms with Gasteiger partial charge in [0.25, 0.3) is 15.9 Å². The van der Waals surface area contributed by atoms with Crippen molar-refractivity contribution in [1.29, 1.82) is 0 Å². The zero-order valence-electron chi connectivity index (χ0n) is 25.9. The molecule has 4 aromatic rings. The molecule has 0 atom stereocenters. The number of hydrogen-bond donors (Lipinski definition) is 2. The van der Waals surface area contributed by atoms with E-state index < -0.39 is 16.1 Å². The molecular formula is C32H37N5O7S.